The number of carbonyl (C=O) groups excluding carboxylic acids is 1. The lowest BCUT2D eigenvalue weighted by atomic mass is 10.1. The zero-order chi connectivity index (χ0) is 19.2. The van der Waals surface area contributed by atoms with Crippen LogP contribution in [0.1, 0.15) is 35.2 Å². The number of hydrogen-bond acceptors (Lipinski definition) is 5. The van der Waals surface area contributed by atoms with Gasteiger partial charge in [0.25, 0.3) is 11.6 Å². The van der Waals surface area contributed by atoms with Crippen molar-refractivity contribution in [2.75, 3.05) is 25.1 Å². The van der Waals surface area contributed by atoms with Crippen LogP contribution < -0.4 is 15.0 Å². The number of nitrogens with one attached hydrogen (secondary N) is 1. The van der Waals surface area contributed by atoms with Gasteiger partial charge in [0.15, 0.2) is 0 Å². The molecule has 0 bridgehead atoms. The van der Waals surface area contributed by atoms with E-state index < -0.39 is 4.92 Å². The fourth-order valence-electron chi connectivity index (χ4n) is 3.24. The van der Waals surface area contributed by atoms with E-state index in [1.54, 1.807) is 19.2 Å². The third-order valence-electron chi connectivity index (χ3n) is 4.74. The molecule has 0 aliphatic carbocycles. The molecule has 0 radical (unpaired) electrons. The maximum absolute atomic E-state index is 12.4. The quantitative estimate of drug-likeness (QED) is 0.622. The third kappa shape index (κ3) is 4.55. The fourth-order valence-corrected chi connectivity index (χ4v) is 3.24. The van der Waals surface area contributed by atoms with Crippen LogP contribution in [0.15, 0.2) is 42.5 Å². The van der Waals surface area contributed by atoms with E-state index >= 15 is 0 Å². The van der Waals surface area contributed by atoms with Gasteiger partial charge in [0.2, 0.25) is 0 Å². The Morgan fingerprint density at radius 2 is 1.85 bits per heavy atom. The van der Waals surface area contributed by atoms with Crippen LogP contribution in [0.5, 0.6) is 5.75 Å². The van der Waals surface area contributed by atoms with Gasteiger partial charge in [0, 0.05) is 31.3 Å². The van der Waals surface area contributed by atoms with E-state index in [-0.39, 0.29) is 17.2 Å². The predicted molar refractivity (Wildman–Crippen MR) is 103 cm³/mol. The summed E-state index contributed by atoms with van der Waals surface area (Å²) in [5.74, 6) is 0.410. The van der Waals surface area contributed by atoms with Crippen molar-refractivity contribution in [2.45, 2.75) is 25.8 Å². The number of anilines is 1. The number of ether oxygens (including phenoxy) is 1. The van der Waals surface area contributed by atoms with E-state index in [9.17, 15) is 14.9 Å². The van der Waals surface area contributed by atoms with E-state index in [0.717, 1.165) is 43.7 Å². The first-order valence-electron chi connectivity index (χ1n) is 9.03. The largest absolute Gasteiger partial charge is 0.497 e. The minimum atomic E-state index is -0.413. The van der Waals surface area contributed by atoms with Gasteiger partial charge in [-0.15, -0.1) is 0 Å². The van der Waals surface area contributed by atoms with Crippen LogP contribution >= 0.6 is 0 Å². The Balaban J connectivity index is 1.72. The number of rotatable bonds is 6. The summed E-state index contributed by atoms with van der Waals surface area (Å²) in [5.41, 5.74) is 1.78. The van der Waals surface area contributed by atoms with E-state index in [1.165, 1.54) is 6.07 Å². The average Bonchev–Trinajstić information content (AvgIpc) is 2.72. The van der Waals surface area contributed by atoms with E-state index in [4.69, 9.17) is 4.74 Å². The summed E-state index contributed by atoms with van der Waals surface area (Å²) >= 11 is 0. The molecule has 0 saturated carbocycles. The molecular weight excluding hydrogens is 346 g/mol. The fraction of sp³-hybridized carbons (Fsp3) is 0.350. The van der Waals surface area contributed by atoms with E-state index in [0.29, 0.717) is 12.2 Å². The van der Waals surface area contributed by atoms with E-state index in [1.807, 2.05) is 29.2 Å². The van der Waals surface area contributed by atoms with Gasteiger partial charge in [-0.2, -0.15) is 0 Å². The highest BCUT2D eigenvalue weighted by atomic mass is 16.6. The standard InChI is InChI=1S/C20H23N3O4/c1-27-17-8-5-15(6-9-17)14-21-20(24)16-7-10-18(19(13-16)23(25)26)22-11-3-2-4-12-22/h5-10,13H,2-4,11-12,14H2,1H3,(H,21,24). The van der Waals surface area contributed by atoms with Crippen LogP contribution in [0, 0.1) is 10.1 Å². The first kappa shape index (κ1) is 18.7. The molecule has 0 atom stereocenters. The van der Waals surface area contributed by atoms with Gasteiger partial charge in [-0.05, 0) is 49.1 Å². The molecule has 1 amide bonds. The van der Waals surface area contributed by atoms with Crippen molar-refractivity contribution in [1.82, 2.24) is 5.32 Å². The van der Waals surface area contributed by atoms with Gasteiger partial charge in [0.05, 0.1) is 12.0 Å². The molecule has 142 valence electrons. The normalized spacial score (nSPS) is 13.9. The van der Waals surface area contributed by atoms with Crippen LogP contribution in [0.3, 0.4) is 0 Å². The summed E-state index contributed by atoms with van der Waals surface area (Å²) in [6.45, 7) is 1.96. The number of carbonyl (C=O) groups is 1. The monoisotopic (exact) mass is 369 g/mol. The molecule has 1 heterocycles. The Hall–Kier alpha value is -3.09. The smallest absolute Gasteiger partial charge is 0.293 e. The van der Waals surface area contributed by atoms with Crippen molar-refractivity contribution in [3.8, 4) is 5.75 Å². The molecule has 2 aromatic rings. The Kier molecular flexibility index (Phi) is 5.90. The van der Waals surface area contributed by atoms with Gasteiger partial charge in [0.1, 0.15) is 11.4 Å². The highest BCUT2D eigenvalue weighted by Crippen LogP contribution is 2.31. The number of benzene rings is 2. The van der Waals surface area contributed by atoms with Crippen LogP contribution in [0.2, 0.25) is 0 Å². The molecule has 1 N–H and O–H groups in total. The number of piperidine rings is 1. The second-order valence-electron chi connectivity index (χ2n) is 6.54. The minimum Gasteiger partial charge on any atom is -0.497 e. The molecule has 7 heteroatoms. The molecule has 1 aliphatic rings. The second kappa shape index (κ2) is 8.53. The summed E-state index contributed by atoms with van der Waals surface area (Å²) in [6.07, 6.45) is 3.21. The lowest BCUT2D eigenvalue weighted by molar-refractivity contribution is -0.384. The van der Waals surface area contributed by atoms with Crippen molar-refractivity contribution < 1.29 is 14.5 Å². The number of methoxy groups -OCH3 is 1. The minimum absolute atomic E-state index is 0.0194. The SMILES string of the molecule is COc1ccc(CNC(=O)c2ccc(N3CCCCC3)c([N+](=O)[O-])c2)cc1. The zero-order valence-corrected chi connectivity index (χ0v) is 15.3. The van der Waals surface area contributed by atoms with Crippen molar-refractivity contribution in [3.05, 3.63) is 63.7 Å². The van der Waals surface area contributed by atoms with Gasteiger partial charge < -0.3 is 15.0 Å². The highest BCUT2D eigenvalue weighted by molar-refractivity contribution is 5.95. The molecule has 2 aromatic carbocycles. The molecule has 1 aliphatic heterocycles. The van der Waals surface area contributed by atoms with Gasteiger partial charge in [-0.3, -0.25) is 14.9 Å². The number of hydrogen-bond donors (Lipinski definition) is 1. The Morgan fingerprint density at radius 3 is 2.48 bits per heavy atom. The summed E-state index contributed by atoms with van der Waals surface area (Å²) in [7, 11) is 1.59. The predicted octanol–water partition coefficient (Wildman–Crippen LogP) is 3.52. The molecule has 0 unspecified atom stereocenters. The molecule has 7 nitrogen and oxygen atoms in total. The van der Waals surface area contributed by atoms with Gasteiger partial charge in [-0.25, -0.2) is 0 Å². The number of nitro benzene ring substituents is 1. The topological polar surface area (TPSA) is 84.7 Å². The Morgan fingerprint density at radius 1 is 1.15 bits per heavy atom. The number of amides is 1. The lowest BCUT2D eigenvalue weighted by Crippen LogP contribution is -2.30. The van der Waals surface area contributed by atoms with Crippen LogP contribution in [0.25, 0.3) is 0 Å². The summed E-state index contributed by atoms with van der Waals surface area (Å²) in [4.78, 5) is 25.6. The first-order valence-corrected chi connectivity index (χ1v) is 9.03. The molecule has 27 heavy (non-hydrogen) atoms. The van der Waals surface area contributed by atoms with Gasteiger partial charge >= 0.3 is 0 Å². The first-order chi connectivity index (χ1) is 13.1. The Bertz CT molecular complexity index is 814. The molecule has 0 aromatic heterocycles. The highest BCUT2D eigenvalue weighted by Gasteiger charge is 2.23. The number of nitrogens with zero attached hydrogens (tertiary/aromatic N) is 2. The summed E-state index contributed by atoms with van der Waals surface area (Å²) < 4.78 is 5.11. The van der Waals surface area contributed by atoms with Crippen LogP contribution in [-0.2, 0) is 6.54 Å². The third-order valence-corrected chi connectivity index (χ3v) is 4.74. The van der Waals surface area contributed by atoms with Crippen molar-refractivity contribution in [1.29, 1.82) is 0 Å². The molecule has 3 rings (SSSR count). The molecule has 1 fully saturated rings. The van der Waals surface area contributed by atoms with Crippen molar-refractivity contribution in [2.24, 2.45) is 0 Å². The average molecular weight is 369 g/mol. The van der Waals surface area contributed by atoms with Crippen molar-refractivity contribution >= 4 is 17.3 Å². The van der Waals surface area contributed by atoms with E-state index in [2.05, 4.69) is 5.32 Å². The van der Waals surface area contributed by atoms with Crippen LogP contribution in [0.4, 0.5) is 11.4 Å². The summed E-state index contributed by atoms with van der Waals surface area (Å²) in [5, 5.41) is 14.3. The second-order valence-corrected chi connectivity index (χ2v) is 6.54. The number of nitro groups is 1. The summed E-state index contributed by atoms with van der Waals surface area (Å²) in [6, 6.07) is 12.1. The van der Waals surface area contributed by atoms with Crippen molar-refractivity contribution in [3.63, 3.8) is 0 Å². The molecule has 1 saturated heterocycles. The zero-order valence-electron chi connectivity index (χ0n) is 15.3. The molecular formula is C20H23N3O4. The maximum Gasteiger partial charge on any atom is 0.293 e. The maximum atomic E-state index is 12.4. The Labute approximate surface area is 158 Å². The van der Waals surface area contributed by atoms with Crippen LogP contribution in [-0.4, -0.2) is 31.0 Å². The molecule has 0 spiro atoms. The van der Waals surface area contributed by atoms with Gasteiger partial charge in [-0.1, -0.05) is 12.1 Å². The lowest BCUT2D eigenvalue weighted by Gasteiger charge is -2.28.